The summed E-state index contributed by atoms with van der Waals surface area (Å²) in [5, 5.41) is 6.78. The summed E-state index contributed by atoms with van der Waals surface area (Å²) < 4.78 is 5.36. The van der Waals surface area contributed by atoms with Crippen molar-refractivity contribution in [1.82, 2.24) is 15.5 Å². The molecule has 0 aliphatic carbocycles. The molecule has 0 aromatic heterocycles. The Hall–Kier alpha value is -0.0800. The van der Waals surface area contributed by atoms with Crippen molar-refractivity contribution in [2.24, 2.45) is 4.99 Å². The molecule has 0 saturated carbocycles. The molecule has 1 fully saturated rings. The molecule has 1 heterocycles. The van der Waals surface area contributed by atoms with E-state index in [2.05, 4.69) is 29.4 Å². The Kier molecular flexibility index (Phi) is 15.4. The van der Waals surface area contributed by atoms with Crippen molar-refractivity contribution in [3.63, 3.8) is 0 Å². The summed E-state index contributed by atoms with van der Waals surface area (Å²) >= 11 is 0. The lowest BCUT2D eigenvalue weighted by Crippen LogP contribution is -2.40. The molecule has 0 spiro atoms. The molecule has 5 nitrogen and oxygen atoms in total. The first-order valence-electron chi connectivity index (χ1n) is 9.15. The SMILES string of the molecule is CCNC(=NCC(CC)N1CCCC1)NCCCCOCC.I. The Balaban J connectivity index is 0.00000484. The number of ether oxygens (including phenoxy) is 1. The highest BCUT2D eigenvalue weighted by Crippen LogP contribution is 2.14. The number of hydrogen-bond acceptors (Lipinski definition) is 3. The number of nitrogens with one attached hydrogen (secondary N) is 2. The number of guanidine groups is 1. The van der Waals surface area contributed by atoms with Gasteiger partial charge in [-0.2, -0.15) is 0 Å². The van der Waals surface area contributed by atoms with Crippen molar-refractivity contribution < 1.29 is 4.74 Å². The van der Waals surface area contributed by atoms with Crippen LogP contribution >= 0.6 is 24.0 Å². The molecule has 6 heteroatoms. The predicted molar refractivity (Wildman–Crippen MR) is 110 cm³/mol. The van der Waals surface area contributed by atoms with Crippen molar-refractivity contribution in [1.29, 1.82) is 0 Å². The van der Waals surface area contributed by atoms with E-state index in [4.69, 9.17) is 9.73 Å². The number of hydrogen-bond donors (Lipinski definition) is 2. The molecule has 1 atom stereocenters. The minimum absolute atomic E-state index is 0. The molecule has 0 amide bonds. The molecule has 138 valence electrons. The van der Waals surface area contributed by atoms with Gasteiger partial charge in [0.15, 0.2) is 5.96 Å². The molecule has 0 aromatic rings. The van der Waals surface area contributed by atoms with Gasteiger partial charge in [-0.25, -0.2) is 0 Å². The molecule has 0 bridgehead atoms. The Morgan fingerprint density at radius 2 is 1.87 bits per heavy atom. The zero-order valence-electron chi connectivity index (χ0n) is 15.3. The summed E-state index contributed by atoms with van der Waals surface area (Å²) in [5.74, 6) is 0.955. The monoisotopic (exact) mass is 440 g/mol. The van der Waals surface area contributed by atoms with Crippen LogP contribution in [0.15, 0.2) is 4.99 Å². The van der Waals surface area contributed by atoms with E-state index < -0.39 is 0 Å². The van der Waals surface area contributed by atoms with Crippen molar-refractivity contribution in [3.05, 3.63) is 0 Å². The standard InChI is InChI=1S/C17H36N4O.HI/c1-4-16(21-12-8-9-13-21)15-20-17(18-5-2)19-11-7-10-14-22-6-3;/h16H,4-15H2,1-3H3,(H2,18,19,20);1H. The fourth-order valence-corrected chi connectivity index (χ4v) is 2.83. The molecule has 2 N–H and O–H groups in total. The van der Waals surface area contributed by atoms with Gasteiger partial charge in [0.05, 0.1) is 6.54 Å². The van der Waals surface area contributed by atoms with E-state index in [0.717, 1.165) is 51.6 Å². The quantitative estimate of drug-likeness (QED) is 0.225. The lowest BCUT2D eigenvalue weighted by atomic mass is 10.2. The molecule has 1 aliphatic rings. The van der Waals surface area contributed by atoms with Crippen LogP contribution in [0.1, 0.15) is 52.9 Å². The van der Waals surface area contributed by atoms with Gasteiger partial charge in [-0.1, -0.05) is 6.92 Å². The lowest BCUT2D eigenvalue weighted by molar-refractivity contribution is 0.143. The second-order valence-electron chi connectivity index (χ2n) is 5.86. The molecular weight excluding hydrogens is 403 g/mol. The van der Waals surface area contributed by atoms with Crippen LogP contribution in [0.5, 0.6) is 0 Å². The number of unbranched alkanes of at least 4 members (excludes halogenated alkanes) is 1. The average molecular weight is 440 g/mol. The molecule has 1 unspecified atom stereocenters. The van der Waals surface area contributed by atoms with E-state index in [-0.39, 0.29) is 24.0 Å². The summed E-state index contributed by atoms with van der Waals surface area (Å²) in [6.45, 7) is 13.3. The zero-order valence-corrected chi connectivity index (χ0v) is 17.6. The highest BCUT2D eigenvalue weighted by molar-refractivity contribution is 14.0. The number of aliphatic imine (C=N–C) groups is 1. The zero-order chi connectivity index (χ0) is 16.0. The average Bonchev–Trinajstić information content (AvgIpc) is 3.05. The topological polar surface area (TPSA) is 48.9 Å². The first-order chi connectivity index (χ1) is 10.8. The van der Waals surface area contributed by atoms with Gasteiger partial charge in [0, 0.05) is 32.3 Å². The number of halogens is 1. The molecule has 0 aromatic carbocycles. The van der Waals surface area contributed by atoms with Crippen LogP contribution in [0, 0.1) is 0 Å². The Labute approximate surface area is 160 Å². The molecule has 1 aliphatic heterocycles. The summed E-state index contributed by atoms with van der Waals surface area (Å²) in [5.41, 5.74) is 0. The van der Waals surface area contributed by atoms with Crippen LogP contribution in [-0.4, -0.2) is 62.8 Å². The fourth-order valence-electron chi connectivity index (χ4n) is 2.83. The minimum atomic E-state index is 0. The number of rotatable bonds is 11. The first-order valence-corrected chi connectivity index (χ1v) is 9.15. The maximum absolute atomic E-state index is 5.36. The van der Waals surface area contributed by atoms with E-state index in [0.29, 0.717) is 6.04 Å². The molecule has 23 heavy (non-hydrogen) atoms. The summed E-state index contributed by atoms with van der Waals surface area (Å²) in [6.07, 6.45) is 6.09. The lowest BCUT2D eigenvalue weighted by Gasteiger charge is -2.25. The van der Waals surface area contributed by atoms with E-state index in [1.165, 1.54) is 32.4 Å². The normalized spacial score (nSPS) is 16.9. The van der Waals surface area contributed by atoms with E-state index >= 15 is 0 Å². The second-order valence-corrected chi connectivity index (χ2v) is 5.86. The molecule has 1 rings (SSSR count). The summed E-state index contributed by atoms with van der Waals surface area (Å²) in [6, 6.07) is 0.593. The van der Waals surface area contributed by atoms with E-state index in [1.54, 1.807) is 0 Å². The van der Waals surface area contributed by atoms with Crippen LogP contribution in [0.3, 0.4) is 0 Å². The van der Waals surface area contributed by atoms with Gasteiger partial charge in [-0.15, -0.1) is 24.0 Å². The molecule has 1 saturated heterocycles. The Bertz CT molecular complexity index is 296. The van der Waals surface area contributed by atoms with Gasteiger partial charge in [0.25, 0.3) is 0 Å². The molecule has 0 radical (unpaired) electrons. The highest BCUT2D eigenvalue weighted by atomic mass is 127. The third-order valence-corrected chi connectivity index (χ3v) is 4.14. The van der Waals surface area contributed by atoms with Crippen molar-refractivity contribution in [3.8, 4) is 0 Å². The van der Waals surface area contributed by atoms with Gasteiger partial charge in [-0.3, -0.25) is 9.89 Å². The molecular formula is C17H37IN4O. The van der Waals surface area contributed by atoms with E-state index in [1.807, 2.05) is 6.92 Å². The fraction of sp³-hybridized carbons (Fsp3) is 0.941. The smallest absolute Gasteiger partial charge is 0.191 e. The van der Waals surface area contributed by atoms with Crippen LogP contribution in [-0.2, 0) is 4.74 Å². The van der Waals surface area contributed by atoms with Gasteiger partial charge in [0.1, 0.15) is 0 Å². The Morgan fingerprint density at radius 1 is 1.13 bits per heavy atom. The van der Waals surface area contributed by atoms with Crippen LogP contribution in [0.2, 0.25) is 0 Å². The van der Waals surface area contributed by atoms with Crippen molar-refractivity contribution >= 4 is 29.9 Å². The number of nitrogens with zero attached hydrogens (tertiary/aromatic N) is 2. The Morgan fingerprint density at radius 3 is 2.48 bits per heavy atom. The van der Waals surface area contributed by atoms with Crippen LogP contribution < -0.4 is 10.6 Å². The van der Waals surface area contributed by atoms with Gasteiger partial charge < -0.3 is 15.4 Å². The maximum Gasteiger partial charge on any atom is 0.191 e. The van der Waals surface area contributed by atoms with Crippen LogP contribution in [0.4, 0.5) is 0 Å². The second kappa shape index (κ2) is 15.4. The summed E-state index contributed by atoms with van der Waals surface area (Å²) in [4.78, 5) is 7.38. The van der Waals surface area contributed by atoms with Crippen molar-refractivity contribution in [2.75, 3.05) is 45.9 Å². The number of likely N-dealkylation sites (tertiary alicyclic amines) is 1. The van der Waals surface area contributed by atoms with E-state index in [9.17, 15) is 0 Å². The van der Waals surface area contributed by atoms with Gasteiger partial charge in [0.2, 0.25) is 0 Å². The summed E-state index contributed by atoms with van der Waals surface area (Å²) in [7, 11) is 0. The van der Waals surface area contributed by atoms with Crippen molar-refractivity contribution in [2.45, 2.75) is 58.9 Å². The maximum atomic E-state index is 5.36. The van der Waals surface area contributed by atoms with Gasteiger partial charge in [-0.05, 0) is 59.0 Å². The third-order valence-electron chi connectivity index (χ3n) is 4.14. The largest absolute Gasteiger partial charge is 0.382 e. The highest BCUT2D eigenvalue weighted by Gasteiger charge is 2.19. The third kappa shape index (κ3) is 10.4. The minimum Gasteiger partial charge on any atom is -0.382 e. The van der Waals surface area contributed by atoms with Gasteiger partial charge >= 0.3 is 0 Å². The van der Waals surface area contributed by atoms with Crippen LogP contribution in [0.25, 0.3) is 0 Å². The predicted octanol–water partition coefficient (Wildman–Crippen LogP) is 2.85. The first kappa shape index (κ1) is 22.9.